The number of aliphatic carboxylic acids is 2. The predicted molar refractivity (Wildman–Crippen MR) is 94.9 cm³/mol. The highest BCUT2D eigenvalue weighted by atomic mass is 16.5. The van der Waals surface area contributed by atoms with Gasteiger partial charge in [0.2, 0.25) is 5.91 Å². The largest absolute Gasteiger partial charge is 0.493 e. The van der Waals surface area contributed by atoms with E-state index in [1.54, 1.807) is 24.3 Å². The van der Waals surface area contributed by atoms with Gasteiger partial charge in [-0.3, -0.25) is 19.3 Å². The van der Waals surface area contributed by atoms with Crippen molar-refractivity contribution in [2.75, 3.05) is 19.7 Å². The quantitative estimate of drug-likeness (QED) is 0.452. The summed E-state index contributed by atoms with van der Waals surface area (Å²) < 4.78 is 5.75. The van der Waals surface area contributed by atoms with Crippen molar-refractivity contribution in [2.24, 2.45) is 5.73 Å². The number of nitrogens with zero attached hydrogens (tertiary/aromatic N) is 1. The number of hydrogen-bond donors (Lipinski definition) is 3. The van der Waals surface area contributed by atoms with Crippen molar-refractivity contribution in [2.45, 2.75) is 38.6 Å². The fourth-order valence-corrected chi connectivity index (χ4v) is 2.66. The summed E-state index contributed by atoms with van der Waals surface area (Å²) in [5.41, 5.74) is 5.82. The summed E-state index contributed by atoms with van der Waals surface area (Å²) in [6.45, 7) is 1.28. The molecule has 4 N–H and O–H groups in total. The van der Waals surface area contributed by atoms with Crippen LogP contribution in [0.3, 0.4) is 0 Å². The minimum Gasteiger partial charge on any atom is -0.493 e. The lowest BCUT2D eigenvalue weighted by atomic mass is 10.0. The van der Waals surface area contributed by atoms with E-state index in [0.29, 0.717) is 17.9 Å². The molecule has 1 aromatic rings. The molecule has 144 valence electrons. The molecule has 8 heteroatoms. The number of rotatable bonds is 13. The predicted octanol–water partition coefficient (Wildman–Crippen LogP) is 1.64. The first-order valence-electron chi connectivity index (χ1n) is 8.55. The lowest BCUT2D eigenvalue weighted by Crippen LogP contribution is -2.43. The average Bonchev–Trinajstić information content (AvgIpc) is 2.54. The number of carboxylic acid groups (broad SMARTS) is 2. The maximum Gasteiger partial charge on any atom is 0.317 e. The number of amides is 1. The molecule has 0 bridgehead atoms. The van der Waals surface area contributed by atoms with E-state index in [1.165, 1.54) is 0 Å². The number of carbonyl (C=O) groups excluding carboxylic acids is 1. The molecule has 1 aromatic carbocycles. The number of hydrogen-bond acceptors (Lipinski definition) is 5. The van der Waals surface area contributed by atoms with Gasteiger partial charge in [-0.25, -0.2) is 0 Å². The van der Waals surface area contributed by atoms with E-state index in [1.807, 2.05) is 0 Å². The van der Waals surface area contributed by atoms with E-state index in [9.17, 15) is 14.4 Å². The first-order chi connectivity index (χ1) is 12.4. The van der Waals surface area contributed by atoms with Crippen LogP contribution in [0, 0.1) is 0 Å². The van der Waals surface area contributed by atoms with Crippen LogP contribution in [0.15, 0.2) is 24.3 Å². The minimum atomic E-state index is -1.25. The molecule has 0 saturated carbocycles. The van der Waals surface area contributed by atoms with Gasteiger partial charge in [-0.2, -0.15) is 0 Å². The summed E-state index contributed by atoms with van der Waals surface area (Å²) in [4.78, 5) is 35.2. The number of primary amides is 1. The Kier molecular flexibility index (Phi) is 9.14. The smallest absolute Gasteiger partial charge is 0.317 e. The topological polar surface area (TPSA) is 130 Å². The molecule has 8 nitrogen and oxygen atoms in total. The average molecular weight is 366 g/mol. The summed E-state index contributed by atoms with van der Waals surface area (Å²) in [6, 6.07) is 5.42. The molecule has 0 aromatic heterocycles. The van der Waals surface area contributed by atoms with Crippen molar-refractivity contribution in [1.82, 2.24) is 4.90 Å². The van der Waals surface area contributed by atoms with Crippen LogP contribution in [-0.4, -0.2) is 52.7 Å². The van der Waals surface area contributed by atoms with Gasteiger partial charge in [-0.15, -0.1) is 0 Å². The number of ether oxygens (including phenoxy) is 1. The Bertz CT molecular complexity index is 603. The fraction of sp³-hybridized carbons (Fsp3) is 0.500. The highest BCUT2D eigenvalue weighted by Crippen LogP contribution is 2.29. The van der Waals surface area contributed by atoms with E-state index in [0.717, 1.165) is 30.6 Å². The van der Waals surface area contributed by atoms with Crippen LogP contribution in [-0.2, 0) is 14.4 Å². The molecule has 0 aliphatic heterocycles. The first-order valence-corrected chi connectivity index (χ1v) is 8.55. The number of unbranched alkanes of at least 4 members (excludes halogenated alkanes) is 3. The molecular weight excluding hydrogens is 340 g/mol. The second kappa shape index (κ2) is 11.1. The van der Waals surface area contributed by atoms with E-state index < -0.39 is 37.0 Å². The summed E-state index contributed by atoms with van der Waals surface area (Å²) in [5, 5.41) is 18.1. The van der Waals surface area contributed by atoms with Gasteiger partial charge in [0.1, 0.15) is 11.8 Å². The van der Waals surface area contributed by atoms with Gasteiger partial charge in [-0.1, -0.05) is 44.4 Å². The standard InChI is InChI=1S/C18H26N2O6/c1-2-3-4-7-10-26-14-9-6-5-8-13(14)17(18(19)25)20(11-15(21)22)12-16(23)24/h5-6,8-9,17H,2-4,7,10-12H2,1H3,(H2,19,25)(H,21,22)(H,23,24). The van der Waals surface area contributed by atoms with Crippen LogP contribution in [0.5, 0.6) is 5.75 Å². The van der Waals surface area contributed by atoms with Gasteiger partial charge in [0.15, 0.2) is 0 Å². The number of carboxylic acids is 2. The molecule has 0 saturated heterocycles. The van der Waals surface area contributed by atoms with Crippen LogP contribution in [0.4, 0.5) is 0 Å². The molecule has 0 aliphatic carbocycles. The molecule has 0 spiro atoms. The molecular formula is C18H26N2O6. The van der Waals surface area contributed by atoms with Crippen LogP contribution >= 0.6 is 0 Å². The van der Waals surface area contributed by atoms with Crippen LogP contribution in [0.1, 0.15) is 44.2 Å². The Morgan fingerprint density at radius 3 is 2.23 bits per heavy atom. The highest BCUT2D eigenvalue weighted by molar-refractivity contribution is 5.84. The lowest BCUT2D eigenvalue weighted by molar-refractivity contribution is -0.144. The second-order valence-corrected chi connectivity index (χ2v) is 5.94. The minimum absolute atomic E-state index is 0.359. The zero-order valence-corrected chi connectivity index (χ0v) is 14.9. The van der Waals surface area contributed by atoms with Gasteiger partial charge >= 0.3 is 11.9 Å². The third kappa shape index (κ3) is 7.10. The molecule has 0 fully saturated rings. The maximum absolute atomic E-state index is 12.0. The van der Waals surface area contributed by atoms with Crippen molar-refractivity contribution in [1.29, 1.82) is 0 Å². The molecule has 1 unspecified atom stereocenters. The highest BCUT2D eigenvalue weighted by Gasteiger charge is 2.31. The zero-order valence-electron chi connectivity index (χ0n) is 14.9. The number of benzene rings is 1. The molecule has 1 rings (SSSR count). The zero-order chi connectivity index (χ0) is 19.5. The van der Waals surface area contributed by atoms with Gasteiger partial charge in [0.25, 0.3) is 0 Å². The van der Waals surface area contributed by atoms with E-state index >= 15 is 0 Å². The maximum atomic E-state index is 12.0. The Morgan fingerprint density at radius 1 is 1.08 bits per heavy atom. The van der Waals surface area contributed by atoms with Crippen LogP contribution in [0.25, 0.3) is 0 Å². The Morgan fingerprint density at radius 2 is 1.69 bits per heavy atom. The van der Waals surface area contributed by atoms with Gasteiger partial charge in [-0.05, 0) is 12.5 Å². The summed E-state index contributed by atoms with van der Waals surface area (Å²) in [7, 11) is 0. The summed E-state index contributed by atoms with van der Waals surface area (Å²) in [6.07, 6.45) is 4.05. The molecule has 1 atom stereocenters. The van der Waals surface area contributed by atoms with E-state index in [2.05, 4.69) is 6.92 Å². The molecule has 0 heterocycles. The molecule has 26 heavy (non-hydrogen) atoms. The number of nitrogens with two attached hydrogens (primary N) is 1. The van der Waals surface area contributed by atoms with Crippen molar-refractivity contribution in [3.8, 4) is 5.75 Å². The van der Waals surface area contributed by atoms with Crippen LogP contribution in [0.2, 0.25) is 0 Å². The van der Waals surface area contributed by atoms with Crippen molar-refractivity contribution in [3.63, 3.8) is 0 Å². The normalized spacial score (nSPS) is 11.9. The van der Waals surface area contributed by atoms with Gasteiger partial charge in [0.05, 0.1) is 19.7 Å². The fourth-order valence-electron chi connectivity index (χ4n) is 2.66. The summed E-state index contributed by atoms with van der Waals surface area (Å²) >= 11 is 0. The Balaban J connectivity index is 3.05. The third-order valence-electron chi connectivity index (χ3n) is 3.78. The lowest BCUT2D eigenvalue weighted by Gasteiger charge is -2.28. The summed E-state index contributed by atoms with van der Waals surface area (Å²) in [5.74, 6) is -2.95. The third-order valence-corrected chi connectivity index (χ3v) is 3.78. The number of carbonyl (C=O) groups is 3. The monoisotopic (exact) mass is 366 g/mol. The second-order valence-electron chi connectivity index (χ2n) is 5.94. The van der Waals surface area contributed by atoms with Crippen molar-refractivity contribution < 1.29 is 29.3 Å². The van der Waals surface area contributed by atoms with Gasteiger partial charge < -0.3 is 20.7 Å². The van der Waals surface area contributed by atoms with E-state index in [4.69, 9.17) is 20.7 Å². The van der Waals surface area contributed by atoms with Crippen molar-refractivity contribution >= 4 is 17.8 Å². The Labute approximate surface area is 152 Å². The van der Waals surface area contributed by atoms with Gasteiger partial charge in [0, 0.05) is 5.56 Å². The molecule has 1 amide bonds. The van der Waals surface area contributed by atoms with Crippen LogP contribution < -0.4 is 10.5 Å². The molecule has 0 aliphatic rings. The SMILES string of the molecule is CCCCCCOc1ccccc1C(C(N)=O)N(CC(=O)O)CC(=O)O. The van der Waals surface area contributed by atoms with Crippen molar-refractivity contribution in [3.05, 3.63) is 29.8 Å². The first kappa shape index (κ1) is 21.4. The molecule has 0 radical (unpaired) electrons. The van der Waals surface area contributed by atoms with E-state index in [-0.39, 0.29) is 0 Å². The number of para-hydroxylation sites is 1. The Hall–Kier alpha value is -2.61.